The minimum Gasteiger partial charge on any atom is -0.465 e. The highest BCUT2D eigenvalue weighted by molar-refractivity contribution is 6.33. The molecule has 0 atom stereocenters. The van der Waals surface area contributed by atoms with Crippen molar-refractivity contribution in [3.8, 4) is 5.69 Å². The molecule has 3 aromatic rings. The molecule has 1 fully saturated rings. The third-order valence-electron chi connectivity index (χ3n) is 4.77. The van der Waals surface area contributed by atoms with Gasteiger partial charge in [-0.3, -0.25) is 9.59 Å². The Balaban J connectivity index is 1.44. The first-order chi connectivity index (χ1) is 14.1. The molecule has 7 nitrogen and oxygen atoms in total. The highest BCUT2D eigenvalue weighted by atomic mass is 35.5. The minimum absolute atomic E-state index is 0.0789. The van der Waals surface area contributed by atoms with Crippen LogP contribution < -0.4 is 10.5 Å². The van der Waals surface area contributed by atoms with Gasteiger partial charge in [0.25, 0.3) is 5.56 Å². The highest BCUT2D eigenvalue weighted by Crippen LogP contribution is 2.23. The van der Waals surface area contributed by atoms with Gasteiger partial charge in [0.05, 0.1) is 23.8 Å². The van der Waals surface area contributed by atoms with E-state index in [0.717, 1.165) is 0 Å². The zero-order chi connectivity index (χ0) is 20.2. The first kappa shape index (κ1) is 19.0. The summed E-state index contributed by atoms with van der Waals surface area (Å²) in [4.78, 5) is 28.7. The molecule has 0 bridgehead atoms. The summed E-state index contributed by atoms with van der Waals surface area (Å²) in [7, 11) is 0. The molecule has 4 rings (SSSR count). The number of halogens is 1. The van der Waals surface area contributed by atoms with Gasteiger partial charge in [-0.05, 0) is 30.3 Å². The van der Waals surface area contributed by atoms with Crippen LogP contribution in [0.15, 0.2) is 70.2 Å². The maximum absolute atomic E-state index is 12.7. The molecule has 1 aliphatic heterocycles. The van der Waals surface area contributed by atoms with Crippen molar-refractivity contribution in [3.05, 3.63) is 82.1 Å². The van der Waals surface area contributed by atoms with Crippen LogP contribution in [0.1, 0.15) is 5.76 Å². The highest BCUT2D eigenvalue weighted by Gasteiger charge is 2.23. The molecule has 0 N–H and O–H groups in total. The van der Waals surface area contributed by atoms with Crippen LogP contribution in [0.3, 0.4) is 0 Å². The minimum atomic E-state index is -0.366. The lowest BCUT2D eigenvalue weighted by Crippen LogP contribution is -2.48. The Hall–Kier alpha value is -3.32. The predicted octanol–water partition coefficient (Wildman–Crippen LogP) is 2.84. The number of carbonyl (C=O) groups is 1. The van der Waals surface area contributed by atoms with E-state index in [1.807, 2.05) is 23.1 Å². The van der Waals surface area contributed by atoms with E-state index in [1.165, 1.54) is 10.8 Å². The van der Waals surface area contributed by atoms with Crippen LogP contribution in [0.25, 0.3) is 11.8 Å². The van der Waals surface area contributed by atoms with E-state index in [4.69, 9.17) is 16.0 Å². The van der Waals surface area contributed by atoms with Crippen molar-refractivity contribution in [1.82, 2.24) is 14.7 Å². The van der Waals surface area contributed by atoms with Gasteiger partial charge in [-0.25, -0.2) is 0 Å². The normalized spacial score (nSPS) is 14.5. The Morgan fingerprint density at radius 3 is 2.52 bits per heavy atom. The second-order valence-electron chi connectivity index (χ2n) is 6.56. The van der Waals surface area contributed by atoms with Crippen molar-refractivity contribution >= 4 is 29.3 Å². The largest absolute Gasteiger partial charge is 0.465 e. The molecule has 1 amide bonds. The van der Waals surface area contributed by atoms with Gasteiger partial charge in [0.1, 0.15) is 10.8 Å². The number of rotatable bonds is 4. The molecule has 2 aromatic heterocycles. The number of nitrogens with zero attached hydrogens (tertiary/aromatic N) is 4. The van der Waals surface area contributed by atoms with Gasteiger partial charge in [0, 0.05) is 32.3 Å². The number of benzene rings is 1. The quantitative estimate of drug-likeness (QED) is 0.618. The zero-order valence-electron chi connectivity index (χ0n) is 15.6. The summed E-state index contributed by atoms with van der Waals surface area (Å²) in [5.74, 6) is 0.554. The summed E-state index contributed by atoms with van der Waals surface area (Å²) in [5.41, 5.74) is 0.877. The topological polar surface area (TPSA) is 71.6 Å². The van der Waals surface area contributed by atoms with E-state index in [1.54, 1.807) is 47.7 Å². The van der Waals surface area contributed by atoms with Crippen LogP contribution >= 0.6 is 11.6 Å². The summed E-state index contributed by atoms with van der Waals surface area (Å²) in [6.07, 6.45) is 6.32. The molecule has 0 spiro atoms. The molecular weight excluding hydrogens is 392 g/mol. The van der Waals surface area contributed by atoms with Crippen LogP contribution in [0, 0.1) is 0 Å². The maximum atomic E-state index is 12.7. The number of furan rings is 1. The van der Waals surface area contributed by atoms with E-state index < -0.39 is 0 Å². The molecule has 1 saturated heterocycles. The van der Waals surface area contributed by atoms with Crippen molar-refractivity contribution in [2.45, 2.75) is 0 Å². The van der Waals surface area contributed by atoms with Gasteiger partial charge in [-0.1, -0.05) is 29.8 Å². The van der Waals surface area contributed by atoms with Crippen LogP contribution in [-0.4, -0.2) is 46.8 Å². The zero-order valence-corrected chi connectivity index (χ0v) is 16.3. The van der Waals surface area contributed by atoms with Crippen molar-refractivity contribution in [3.63, 3.8) is 0 Å². The number of piperazine rings is 1. The summed E-state index contributed by atoms with van der Waals surface area (Å²) >= 11 is 6.37. The van der Waals surface area contributed by atoms with Crippen molar-refractivity contribution in [2.75, 3.05) is 31.1 Å². The number of amides is 1. The molecular formula is C21H19ClN4O3. The summed E-state index contributed by atoms with van der Waals surface area (Å²) in [6, 6.07) is 12.7. The van der Waals surface area contributed by atoms with Crippen LogP contribution in [-0.2, 0) is 4.79 Å². The maximum Gasteiger partial charge on any atom is 0.292 e. The van der Waals surface area contributed by atoms with E-state index in [-0.39, 0.29) is 16.5 Å². The van der Waals surface area contributed by atoms with Crippen molar-refractivity contribution in [2.24, 2.45) is 0 Å². The molecule has 0 unspecified atom stereocenters. The summed E-state index contributed by atoms with van der Waals surface area (Å²) < 4.78 is 6.48. The Morgan fingerprint density at radius 1 is 1.07 bits per heavy atom. The van der Waals surface area contributed by atoms with Crippen molar-refractivity contribution < 1.29 is 9.21 Å². The number of hydrogen-bond donors (Lipinski definition) is 0. The fourth-order valence-corrected chi connectivity index (χ4v) is 3.46. The van der Waals surface area contributed by atoms with Crippen molar-refractivity contribution in [1.29, 1.82) is 0 Å². The first-order valence-electron chi connectivity index (χ1n) is 9.22. The SMILES string of the molecule is O=C(C=Cc1ccco1)N1CCN(c2cnn(-c3ccccc3)c(=O)c2Cl)CC1. The standard InChI is InChI=1S/C21H19ClN4O3/c22-20-18(15-23-26(21(20)28)16-5-2-1-3-6-16)24-10-12-25(13-11-24)19(27)9-8-17-7-4-14-29-17/h1-9,14-15H,10-13H2. The molecule has 8 heteroatoms. The third-order valence-corrected chi connectivity index (χ3v) is 5.12. The van der Waals surface area contributed by atoms with Gasteiger partial charge < -0.3 is 14.2 Å². The lowest BCUT2D eigenvalue weighted by atomic mass is 10.2. The summed E-state index contributed by atoms with van der Waals surface area (Å²) in [6.45, 7) is 2.19. The number of carbonyl (C=O) groups excluding carboxylic acids is 1. The number of anilines is 1. The molecule has 29 heavy (non-hydrogen) atoms. The molecule has 0 radical (unpaired) electrons. The third kappa shape index (κ3) is 4.09. The molecule has 0 aliphatic carbocycles. The number of aromatic nitrogens is 2. The van der Waals surface area contributed by atoms with E-state index >= 15 is 0 Å². The smallest absolute Gasteiger partial charge is 0.292 e. The fraction of sp³-hybridized carbons (Fsp3) is 0.190. The monoisotopic (exact) mass is 410 g/mol. The predicted molar refractivity (Wildman–Crippen MR) is 111 cm³/mol. The van der Waals surface area contributed by atoms with E-state index in [2.05, 4.69) is 5.10 Å². The Bertz CT molecular complexity index is 1070. The second kappa shape index (κ2) is 8.36. The average molecular weight is 411 g/mol. The van der Waals surface area contributed by atoms with Crippen LogP contribution in [0.4, 0.5) is 5.69 Å². The van der Waals surface area contributed by atoms with Gasteiger partial charge in [0.2, 0.25) is 5.91 Å². The van der Waals surface area contributed by atoms with E-state index in [0.29, 0.717) is 43.3 Å². The second-order valence-corrected chi connectivity index (χ2v) is 6.94. The summed E-state index contributed by atoms with van der Waals surface area (Å²) in [5, 5.41) is 4.40. The average Bonchev–Trinajstić information content (AvgIpc) is 3.28. The van der Waals surface area contributed by atoms with Gasteiger partial charge in [-0.15, -0.1) is 0 Å². The Morgan fingerprint density at radius 2 is 1.83 bits per heavy atom. The van der Waals surface area contributed by atoms with Gasteiger partial charge in [0.15, 0.2) is 0 Å². The first-order valence-corrected chi connectivity index (χ1v) is 9.60. The fourth-order valence-electron chi connectivity index (χ4n) is 3.21. The van der Waals surface area contributed by atoms with Gasteiger partial charge >= 0.3 is 0 Å². The number of para-hydroxylation sites is 1. The lowest BCUT2D eigenvalue weighted by Gasteiger charge is -2.35. The molecule has 1 aromatic carbocycles. The molecule has 3 heterocycles. The van der Waals surface area contributed by atoms with Gasteiger partial charge in [-0.2, -0.15) is 9.78 Å². The lowest BCUT2D eigenvalue weighted by molar-refractivity contribution is -0.126. The van der Waals surface area contributed by atoms with Crippen LogP contribution in [0.2, 0.25) is 5.02 Å². The molecule has 1 aliphatic rings. The molecule has 0 saturated carbocycles. The number of hydrogen-bond acceptors (Lipinski definition) is 5. The Kier molecular flexibility index (Phi) is 5.48. The van der Waals surface area contributed by atoms with E-state index in [9.17, 15) is 9.59 Å². The Labute approximate surface area is 172 Å². The van der Waals surface area contributed by atoms with Crippen LogP contribution in [0.5, 0.6) is 0 Å². The molecule has 148 valence electrons.